The van der Waals surface area contributed by atoms with Crippen LogP contribution in [0.15, 0.2) is 54.6 Å². The quantitative estimate of drug-likeness (QED) is 0.572. The molecule has 1 heterocycles. The standard InChI is InChI=1S/C17H16FN3/c1-11-9-15(14-7-2-3-8-16(14)20-11)17(21-19)12-5-4-6-13(18)10-12/h2-10,17,21H,19H2,1H3. The average Bonchev–Trinajstić information content (AvgIpc) is 2.48. The summed E-state index contributed by atoms with van der Waals surface area (Å²) in [6.45, 7) is 1.94. The zero-order chi connectivity index (χ0) is 14.8. The van der Waals surface area contributed by atoms with Crippen molar-refractivity contribution >= 4 is 10.9 Å². The van der Waals surface area contributed by atoms with Gasteiger partial charge >= 0.3 is 0 Å². The number of hydrogen-bond acceptors (Lipinski definition) is 3. The van der Waals surface area contributed by atoms with Crippen LogP contribution >= 0.6 is 0 Å². The summed E-state index contributed by atoms with van der Waals surface area (Å²) in [5.41, 5.74) is 6.37. The number of nitrogens with two attached hydrogens (primary N) is 1. The topological polar surface area (TPSA) is 50.9 Å². The van der Waals surface area contributed by atoms with Gasteiger partial charge in [0, 0.05) is 11.1 Å². The van der Waals surface area contributed by atoms with Crippen molar-refractivity contribution in [2.45, 2.75) is 13.0 Å². The second-order valence-electron chi connectivity index (χ2n) is 5.02. The van der Waals surface area contributed by atoms with E-state index in [1.807, 2.05) is 43.3 Å². The van der Waals surface area contributed by atoms with E-state index in [9.17, 15) is 4.39 Å². The highest BCUT2D eigenvalue weighted by Crippen LogP contribution is 2.28. The predicted octanol–water partition coefficient (Wildman–Crippen LogP) is 3.24. The van der Waals surface area contributed by atoms with Crippen LogP contribution in [-0.4, -0.2) is 4.98 Å². The van der Waals surface area contributed by atoms with Crippen molar-refractivity contribution in [1.29, 1.82) is 0 Å². The summed E-state index contributed by atoms with van der Waals surface area (Å²) < 4.78 is 13.5. The number of aromatic nitrogens is 1. The third kappa shape index (κ3) is 2.63. The van der Waals surface area contributed by atoms with Gasteiger partial charge < -0.3 is 0 Å². The van der Waals surface area contributed by atoms with Crippen LogP contribution in [0.1, 0.15) is 22.9 Å². The number of para-hydroxylation sites is 1. The largest absolute Gasteiger partial charge is 0.271 e. The first-order valence-electron chi connectivity index (χ1n) is 6.77. The number of aryl methyl sites for hydroxylation is 1. The molecule has 106 valence electrons. The zero-order valence-electron chi connectivity index (χ0n) is 11.7. The number of fused-ring (bicyclic) bond motifs is 1. The Balaban J connectivity index is 2.21. The lowest BCUT2D eigenvalue weighted by Gasteiger charge is -2.19. The SMILES string of the molecule is Cc1cc(C(NN)c2cccc(F)c2)c2ccccc2n1. The van der Waals surface area contributed by atoms with Crippen molar-refractivity contribution < 1.29 is 4.39 Å². The van der Waals surface area contributed by atoms with Gasteiger partial charge in [-0.15, -0.1) is 0 Å². The molecule has 0 spiro atoms. The molecule has 0 bridgehead atoms. The minimum absolute atomic E-state index is 0.275. The van der Waals surface area contributed by atoms with E-state index in [1.165, 1.54) is 12.1 Å². The van der Waals surface area contributed by atoms with Gasteiger partial charge in [-0.3, -0.25) is 10.8 Å². The van der Waals surface area contributed by atoms with Crippen LogP contribution in [0.4, 0.5) is 4.39 Å². The van der Waals surface area contributed by atoms with Gasteiger partial charge in [0.25, 0.3) is 0 Å². The lowest BCUT2D eigenvalue weighted by atomic mass is 9.95. The Morgan fingerprint density at radius 1 is 1.10 bits per heavy atom. The van der Waals surface area contributed by atoms with Crippen LogP contribution in [0.3, 0.4) is 0 Å². The van der Waals surface area contributed by atoms with E-state index in [0.717, 1.165) is 27.7 Å². The number of nitrogens with one attached hydrogen (secondary N) is 1. The van der Waals surface area contributed by atoms with E-state index >= 15 is 0 Å². The monoisotopic (exact) mass is 281 g/mol. The van der Waals surface area contributed by atoms with Gasteiger partial charge in [-0.2, -0.15) is 0 Å². The molecule has 4 heteroatoms. The third-order valence-electron chi connectivity index (χ3n) is 3.54. The van der Waals surface area contributed by atoms with Crippen molar-refractivity contribution in [3.8, 4) is 0 Å². The molecule has 3 rings (SSSR count). The summed E-state index contributed by atoms with van der Waals surface area (Å²) in [7, 11) is 0. The van der Waals surface area contributed by atoms with Crippen LogP contribution in [0, 0.1) is 12.7 Å². The summed E-state index contributed by atoms with van der Waals surface area (Å²) in [4.78, 5) is 4.52. The second-order valence-corrected chi connectivity index (χ2v) is 5.02. The molecule has 3 N–H and O–H groups in total. The van der Waals surface area contributed by atoms with Crippen LogP contribution in [-0.2, 0) is 0 Å². The molecule has 2 aromatic carbocycles. The molecule has 1 aromatic heterocycles. The fourth-order valence-electron chi connectivity index (χ4n) is 2.63. The van der Waals surface area contributed by atoms with Gasteiger partial charge in [0.1, 0.15) is 5.82 Å². The Bertz CT molecular complexity index is 786. The van der Waals surface area contributed by atoms with Crippen molar-refractivity contribution in [3.63, 3.8) is 0 Å². The van der Waals surface area contributed by atoms with Crippen molar-refractivity contribution in [1.82, 2.24) is 10.4 Å². The summed E-state index contributed by atoms with van der Waals surface area (Å²) in [5.74, 6) is 5.46. The van der Waals surface area contributed by atoms with E-state index in [2.05, 4.69) is 10.4 Å². The average molecular weight is 281 g/mol. The molecule has 0 amide bonds. The van der Waals surface area contributed by atoms with E-state index in [-0.39, 0.29) is 11.9 Å². The van der Waals surface area contributed by atoms with Crippen LogP contribution in [0.25, 0.3) is 10.9 Å². The van der Waals surface area contributed by atoms with Crippen LogP contribution < -0.4 is 11.3 Å². The van der Waals surface area contributed by atoms with E-state index < -0.39 is 0 Å². The Hall–Kier alpha value is -2.30. The minimum Gasteiger partial charge on any atom is -0.271 e. The molecular weight excluding hydrogens is 265 g/mol. The van der Waals surface area contributed by atoms with E-state index in [4.69, 9.17) is 5.84 Å². The van der Waals surface area contributed by atoms with Gasteiger partial charge in [-0.1, -0.05) is 30.3 Å². The molecule has 0 radical (unpaired) electrons. The summed E-state index contributed by atoms with van der Waals surface area (Å²) in [6.07, 6.45) is 0. The molecule has 0 saturated heterocycles. The second kappa shape index (κ2) is 5.60. The normalized spacial score (nSPS) is 12.5. The summed E-state index contributed by atoms with van der Waals surface area (Å²) >= 11 is 0. The number of hydrazine groups is 1. The highest BCUT2D eigenvalue weighted by atomic mass is 19.1. The number of hydrogen-bond donors (Lipinski definition) is 2. The third-order valence-corrected chi connectivity index (χ3v) is 3.54. The first-order valence-corrected chi connectivity index (χ1v) is 6.77. The molecule has 0 aliphatic heterocycles. The molecule has 1 unspecified atom stereocenters. The van der Waals surface area contributed by atoms with E-state index in [1.54, 1.807) is 6.07 Å². The van der Waals surface area contributed by atoms with Gasteiger partial charge in [0.2, 0.25) is 0 Å². The first kappa shape index (κ1) is 13.7. The molecule has 21 heavy (non-hydrogen) atoms. The summed E-state index contributed by atoms with van der Waals surface area (Å²) in [5, 5.41) is 1.01. The maximum absolute atomic E-state index is 13.5. The molecule has 0 aliphatic rings. The van der Waals surface area contributed by atoms with Crippen molar-refractivity contribution in [2.24, 2.45) is 5.84 Å². The maximum atomic E-state index is 13.5. The van der Waals surface area contributed by atoms with Gasteiger partial charge in [-0.05, 0) is 42.3 Å². The number of nitrogens with zero attached hydrogens (tertiary/aromatic N) is 1. The summed E-state index contributed by atoms with van der Waals surface area (Å²) in [6, 6.07) is 16.0. The highest BCUT2D eigenvalue weighted by Gasteiger charge is 2.16. The molecule has 3 aromatic rings. The highest BCUT2D eigenvalue weighted by molar-refractivity contribution is 5.83. The number of rotatable bonds is 3. The lowest BCUT2D eigenvalue weighted by molar-refractivity contribution is 0.606. The fourth-order valence-corrected chi connectivity index (χ4v) is 2.63. The number of halogens is 1. The Morgan fingerprint density at radius 3 is 2.67 bits per heavy atom. The Labute approximate surface area is 122 Å². The first-order chi connectivity index (χ1) is 10.2. The van der Waals surface area contributed by atoms with Gasteiger partial charge in [-0.25, -0.2) is 9.82 Å². The maximum Gasteiger partial charge on any atom is 0.123 e. The van der Waals surface area contributed by atoms with Gasteiger partial charge in [0.05, 0.1) is 11.6 Å². The lowest BCUT2D eigenvalue weighted by Crippen LogP contribution is -2.29. The molecule has 0 saturated carbocycles. The molecular formula is C17H16FN3. The Kier molecular flexibility index (Phi) is 3.64. The number of pyridine rings is 1. The zero-order valence-corrected chi connectivity index (χ0v) is 11.7. The molecule has 0 fully saturated rings. The van der Waals surface area contributed by atoms with E-state index in [0.29, 0.717) is 0 Å². The van der Waals surface area contributed by atoms with Crippen molar-refractivity contribution in [3.05, 3.63) is 77.2 Å². The van der Waals surface area contributed by atoms with Crippen LogP contribution in [0.5, 0.6) is 0 Å². The van der Waals surface area contributed by atoms with Gasteiger partial charge in [0.15, 0.2) is 0 Å². The molecule has 3 nitrogen and oxygen atoms in total. The van der Waals surface area contributed by atoms with Crippen molar-refractivity contribution in [2.75, 3.05) is 0 Å². The minimum atomic E-state index is -0.285. The fraction of sp³-hybridized carbons (Fsp3) is 0.118. The smallest absolute Gasteiger partial charge is 0.123 e. The number of benzene rings is 2. The molecule has 0 aliphatic carbocycles. The molecule has 1 atom stereocenters. The Morgan fingerprint density at radius 2 is 1.90 bits per heavy atom. The predicted molar refractivity (Wildman–Crippen MR) is 82.0 cm³/mol. The van der Waals surface area contributed by atoms with Crippen LogP contribution in [0.2, 0.25) is 0 Å².